The zero-order valence-corrected chi connectivity index (χ0v) is 17.6. The lowest BCUT2D eigenvalue weighted by Gasteiger charge is -2.45. The molecule has 28 heavy (non-hydrogen) atoms. The summed E-state index contributed by atoms with van der Waals surface area (Å²) in [5.74, 6) is -0.0903. The number of halogens is 1. The molecule has 1 aliphatic rings. The Kier molecular flexibility index (Phi) is 3.87. The highest BCUT2D eigenvalue weighted by Crippen LogP contribution is 2.31. The van der Waals surface area contributed by atoms with Crippen LogP contribution in [0.5, 0.6) is 0 Å². The van der Waals surface area contributed by atoms with E-state index in [1.807, 2.05) is 6.20 Å². The van der Waals surface area contributed by atoms with Crippen LogP contribution in [-0.4, -0.2) is 50.0 Å². The molecule has 0 bridgehead atoms. The summed E-state index contributed by atoms with van der Waals surface area (Å²) in [6, 6.07) is 1.73. The maximum Gasteiger partial charge on any atom is 0.261 e. The summed E-state index contributed by atoms with van der Waals surface area (Å²) in [6.45, 7) is 6.54. The number of likely N-dealkylation sites (tertiary alicyclic amines) is 1. The number of nitrogens with zero attached hydrogens (tertiary/aromatic N) is 4. The first-order chi connectivity index (χ1) is 13.3. The molecule has 4 aromatic rings. The quantitative estimate of drug-likeness (QED) is 0.489. The van der Waals surface area contributed by atoms with Gasteiger partial charge in [0.25, 0.3) is 5.56 Å². The first-order valence-electron chi connectivity index (χ1n) is 8.81. The van der Waals surface area contributed by atoms with E-state index < -0.39 is 0 Å². The zero-order valence-electron chi connectivity index (χ0n) is 15.2. The highest BCUT2D eigenvalue weighted by atomic mass is 79.9. The van der Waals surface area contributed by atoms with Crippen molar-refractivity contribution in [2.45, 2.75) is 13.8 Å². The van der Waals surface area contributed by atoms with E-state index in [9.17, 15) is 9.59 Å². The molecule has 144 valence electrons. The number of anilines is 1. The predicted octanol–water partition coefficient (Wildman–Crippen LogP) is 2.83. The van der Waals surface area contributed by atoms with Gasteiger partial charge in [-0.15, -0.1) is 11.3 Å². The van der Waals surface area contributed by atoms with E-state index >= 15 is 0 Å². The number of thiazole rings is 1. The lowest BCUT2D eigenvalue weighted by atomic mass is 9.84. The fraction of sp³-hybridized carbons (Fsp3) is 0.333. The van der Waals surface area contributed by atoms with E-state index in [-0.39, 0.29) is 16.9 Å². The Bertz CT molecular complexity index is 1310. The van der Waals surface area contributed by atoms with E-state index in [0.717, 1.165) is 21.7 Å². The van der Waals surface area contributed by atoms with Crippen LogP contribution in [0.15, 0.2) is 27.0 Å². The van der Waals surface area contributed by atoms with Crippen LogP contribution in [-0.2, 0) is 4.79 Å². The van der Waals surface area contributed by atoms with Gasteiger partial charge in [0.1, 0.15) is 21.3 Å². The number of carbonyl (C=O) groups excluding carboxylic acids is 1. The van der Waals surface area contributed by atoms with Gasteiger partial charge in [0.2, 0.25) is 5.91 Å². The minimum absolute atomic E-state index is 0.0903. The maximum atomic E-state index is 12.6. The number of pyridine rings is 2. The molecule has 0 spiro atoms. The van der Waals surface area contributed by atoms with Crippen molar-refractivity contribution in [3.8, 4) is 0 Å². The number of carbonyl (C=O) groups is 1. The van der Waals surface area contributed by atoms with Gasteiger partial charge in [-0.2, -0.15) is 5.10 Å². The predicted molar refractivity (Wildman–Crippen MR) is 113 cm³/mol. The maximum absolute atomic E-state index is 12.6. The molecule has 1 aliphatic heterocycles. The summed E-state index contributed by atoms with van der Waals surface area (Å²) in [5.41, 5.74) is 2.31. The smallest absolute Gasteiger partial charge is 0.261 e. The number of fused-ring (bicyclic) bond motifs is 5. The fourth-order valence-electron chi connectivity index (χ4n) is 3.87. The Hall–Kier alpha value is -2.30. The lowest BCUT2D eigenvalue weighted by Crippen LogP contribution is -2.54. The third-order valence-electron chi connectivity index (χ3n) is 4.83. The van der Waals surface area contributed by atoms with Crippen molar-refractivity contribution in [1.82, 2.24) is 24.5 Å². The number of amides is 1. The highest BCUT2D eigenvalue weighted by Gasteiger charge is 2.34. The molecule has 0 saturated carbocycles. The second-order valence-corrected chi connectivity index (χ2v) is 10.4. The van der Waals surface area contributed by atoms with Crippen LogP contribution < -0.4 is 10.9 Å². The summed E-state index contributed by atoms with van der Waals surface area (Å²) in [5, 5.41) is 7.89. The lowest BCUT2D eigenvalue weighted by molar-refractivity contribution is -0.120. The topological polar surface area (TPSA) is 95.4 Å². The molecule has 4 aromatic heterocycles. The number of rotatable bonds is 3. The van der Waals surface area contributed by atoms with Crippen LogP contribution in [0.25, 0.3) is 26.8 Å². The Morgan fingerprint density at radius 1 is 1.39 bits per heavy atom. The summed E-state index contributed by atoms with van der Waals surface area (Å²) < 4.78 is 2.58. The minimum atomic E-state index is -0.222. The Morgan fingerprint density at radius 3 is 2.93 bits per heavy atom. The molecule has 2 N–H and O–H groups in total. The number of hydrogen-bond acceptors (Lipinski definition) is 6. The molecule has 5 rings (SSSR count). The molecule has 5 heterocycles. The first kappa shape index (κ1) is 17.8. The van der Waals surface area contributed by atoms with Crippen LogP contribution in [0.2, 0.25) is 0 Å². The molecule has 0 aliphatic carbocycles. The Morgan fingerprint density at radius 2 is 2.18 bits per heavy atom. The van der Waals surface area contributed by atoms with Gasteiger partial charge in [-0.05, 0) is 27.4 Å². The van der Waals surface area contributed by atoms with Crippen LogP contribution in [0.4, 0.5) is 5.69 Å². The molecular weight excluding hydrogens is 444 g/mol. The van der Waals surface area contributed by atoms with Gasteiger partial charge in [0, 0.05) is 13.1 Å². The molecule has 10 heteroatoms. The van der Waals surface area contributed by atoms with Gasteiger partial charge in [-0.25, -0.2) is 4.52 Å². The van der Waals surface area contributed by atoms with Gasteiger partial charge in [-0.3, -0.25) is 19.5 Å². The SMILES string of the molecule is CC1(C)CN(CC(=O)Nc2cnc3c(c2)[nH]c(=O)c2c3nn3cc(Br)sc23)C1. The van der Waals surface area contributed by atoms with Gasteiger partial charge >= 0.3 is 0 Å². The molecule has 0 unspecified atom stereocenters. The van der Waals surface area contributed by atoms with Crippen molar-refractivity contribution >= 4 is 65.6 Å². The average Bonchev–Trinajstić information content (AvgIpc) is 3.08. The van der Waals surface area contributed by atoms with Crippen LogP contribution >= 0.6 is 27.3 Å². The van der Waals surface area contributed by atoms with E-state index in [4.69, 9.17) is 0 Å². The molecule has 0 aromatic carbocycles. The standard InChI is InChI=1S/C18H17BrN6O2S/c1-18(2)7-24(8-18)6-12(26)21-9-3-10-14(20-4-9)15-13(16(27)22-10)17-25(23-15)5-11(19)28-17/h3-5H,6-8H2,1-2H3,(H,21,26)(H,22,27). The second-order valence-electron chi connectivity index (χ2n) is 7.94. The second kappa shape index (κ2) is 6.10. The molecule has 1 fully saturated rings. The first-order valence-corrected chi connectivity index (χ1v) is 10.4. The molecule has 1 saturated heterocycles. The minimum Gasteiger partial charge on any atom is -0.324 e. The van der Waals surface area contributed by atoms with Crippen molar-refractivity contribution in [1.29, 1.82) is 0 Å². The van der Waals surface area contributed by atoms with Gasteiger partial charge < -0.3 is 10.3 Å². The number of hydrogen-bond donors (Lipinski definition) is 2. The van der Waals surface area contributed by atoms with Crippen LogP contribution in [0, 0.1) is 5.41 Å². The van der Waals surface area contributed by atoms with Gasteiger partial charge in [0.15, 0.2) is 0 Å². The largest absolute Gasteiger partial charge is 0.324 e. The zero-order chi connectivity index (χ0) is 19.6. The normalized spacial score (nSPS) is 16.7. The fourth-order valence-corrected chi connectivity index (χ4v) is 5.34. The highest BCUT2D eigenvalue weighted by molar-refractivity contribution is 9.11. The summed E-state index contributed by atoms with van der Waals surface area (Å²) >= 11 is 4.86. The molecule has 8 nitrogen and oxygen atoms in total. The van der Waals surface area contributed by atoms with E-state index in [2.05, 4.69) is 55.1 Å². The van der Waals surface area contributed by atoms with Crippen LogP contribution in [0.3, 0.4) is 0 Å². The van der Waals surface area contributed by atoms with Crippen LogP contribution in [0.1, 0.15) is 13.8 Å². The van der Waals surface area contributed by atoms with Crippen molar-refractivity contribution < 1.29 is 4.79 Å². The summed E-state index contributed by atoms with van der Waals surface area (Å²) in [4.78, 5) is 35.1. The number of aromatic amines is 1. The average molecular weight is 461 g/mol. The van der Waals surface area contributed by atoms with Gasteiger partial charge in [0.05, 0.1) is 33.9 Å². The number of nitrogens with one attached hydrogen (secondary N) is 2. The third-order valence-corrected chi connectivity index (χ3v) is 6.40. The molecule has 0 radical (unpaired) electrons. The summed E-state index contributed by atoms with van der Waals surface area (Å²) in [6.07, 6.45) is 3.42. The number of H-pyrrole nitrogens is 1. The van der Waals surface area contributed by atoms with Crippen molar-refractivity contribution in [2.75, 3.05) is 25.0 Å². The number of aromatic nitrogens is 4. The van der Waals surface area contributed by atoms with E-state index in [1.165, 1.54) is 11.3 Å². The summed E-state index contributed by atoms with van der Waals surface area (Å²) in [7, 11) is 0. The molecular formula is C18H17BrN6O2S. The van der Waals surface area contributed by atoms with Crippen molar-refractivity contribution in [2.24, 2.45) is 5.41 Å². The third kappa shape index (κ3) is 2.92. The van der Waals surface area contributed by atoms with E-state index in [1.54, 1.807) is 16.8 Å². The van der Waals surface area contributed by atoms with Crippen molar-refractivity contribution in [3.63, 3.8) is 0 Å². The molecule has 0 atom stereocenters. The molecule has 1 amide bonds. The Balaban J connectivity index is 1.47. The van der Waals surface area contributed by atoms with Crippen molar-refractivity contribution in [3.05, 3.63) is 32.6 Å². The Labute approximate surface area is 171 Å². The van der Waals surface area contributed by atoms with Gasteiger partial charge in [-0.1, -0.05) is 13.8 Å². The van der Waals surface area contributed by atoms with E-state index in [0.29, 0.717) is 34.2 Å². The monoisotopic (exact) mass is 460 g/mol.